The van der Waals surface area contributed by atoms with E-state index in [-0.39, 0.29) is 5.91 Å². The number of piperidine rings is 1. The van der Waals surface area contributed by atoms with Gasteiger partial charge in [-0.05, 0) is 49.8 Å². The van der Waals surface area contributed by atoms with Crippen molar-refractivity contribution in [1.82, 2.24) is 4.90 Å². The molecule has 0 aromatic heterocycles. The predicted octanol–water partition coefficient (Wildman–Crippen LogP) is 3.99. The highest BCUT2D eigenvalue weighted by Crippen LogP contribution is 2.21. The number of carbonyl (C=O) groups is 1. The maximum absolute atomic E-state index is 12.1. The lowest BCUT2D eigenvalue weighted by Gasteiger charge is -2.31. The number of benzene rings is 1. The van der Waals surface area contributed by atoms with Crippen molar-refractivity contribution < 1.29 is 4.79 Å². The summed E-state index contributed by atoms with van der Waals surface area (Å²) in [6.07, 6.45) is 2.38. The van der Waals surface area contributed by atoms with Crippen LogP contribution >= 0.6 is 24.0 Å². The van der Waals surface area contributed by atoms with Gasteiger partial charge in [0.25, 0.3) is 0 Å². The molecule has 0 saturated carbocycles. The molecule has 3 nitrogen and oxygen atoms in total. The third kappa shape index (κ3) is 4.99. The number of hydrogen-bond acceptors (Lipinski definition) is 3. The monoisotopic (exact) mass is 336 g/mol. The Morgan fingerprint density at radius 3 is 2.73 bits per heavy atom. The van der Waals surface area contributed by atoms with Crippen LogP contribution < -0.4 is 5.32 Å². The second-order valence-corrected chi connectivity index (χ2v) is 7.70. The number of likely N-dealkylation sites (tertiary alicyclic amines) is 1. The quantitative estimate of drug-likeness (QED) is 0.846. The van der Waals surface area contributed by atoms with Gasteiger partial charge in [-0.2, -0.15) is 0 Å². The van der Waals surface area contributed by atoms with E-state index in [1.807, 2.05) is 32.0 Å². The Balaban J connectivity index is 1.80. The van der Waals surface area contributed by atoms with Crippen molar-refractivity contribution in [3.05, 3.63) is 29.3 Å². The van der Waals surface area contributed by atoms with E-state index in [1.54, 1.807) is 0 Å². The molecule has 1 aliphatic heterocycles. The first kappa shape index (κ1) is 17.3. The fraction of sp³-hybridized carbons (Fsp3) is 0.529. The molecule has 120 valence electrons. The molecule has 1 saturated heterocycles. The standard InChI is InChI=1S/C17H24N2OS2/c1-12-6-8-19(9-7-12)17(21)22-11-16(20)18-15-10-13(2)4-5-14(15)3/h4-5,10,12H,6-9,11H2,1-3H3,(H,18,20). The lowest BCUT2D eigenvalue weighted by molar-refractivity contribution is -0.113. The van der Waals surface area contributed by atoms with Crippen molar-refractivity contribution in [2.45, 2.75) is 33.6 Å². The molecule has 1 N–H and O–H groups in total. The summed E-state index contributed by atoms with van der Waals surface area (Å²) in [5.74, 6) is 1.17. The summed E-state index contributed by atoms with van der Waals surface area (Å²) in [6, 6.07) is 6.08. The molecule has 22 heavy (non-hydrogen) atoms. The van der Waals surface area contributed by atoms with Crippen molar-refractivity contribution in [2.24, 2.45) is 5.92 Å². The van der Waals surface area contributed by atoms with Crippen LogP contribution in [0.15, 0.2) is 18.2 Å². The molecule has 0 spiro atoms. The molecule has 0 aliphatic carbocycles. The van der Waals surface area contributed by atoms with Gasteiger partial charge in [0, 0.05) is 18.8 Å². The van der Waals surface area contributed by atoms with Crippen LogP contribution in [0.1, 0.15) is 30.9 Å². The van der Waals surface area contributed by atoms with E-state index in [9.17, 15) is 4.79 Å². The van der Waals surface area contributed by atoms with Gasteiger partial charge in [0.2, 0.25) is 5.91 Å². The van der Waals surface area contributed by atoms with Crippen molar-refractivity contribution in [2.75, 3.05) is 24.2 Å². The van der Waals surface area contributed by atoms with E-state index in [0.29, 0.717) is 5.75 Å². The second-order valence-electron chi connectivity index (χ2n) is 6.09. The smallest absolute Gasteiger partial charge is 0.234 e. The molecule has 1 aliphatic rings. The van der Waals surface area contributed by atoms with E-state index in [4.69, 9.17) is 12.2 Å². The molecule has 1 amide bonds. The Morgan fingerprint density at radius 1 is 1.36 bits per heavy atom. The summed E-state index contributed by atoms with van der Waals surface area (Å²) in [5, 5.41) is 2.98. The predicted molar refractivity (Wildman–Crippen MR) is 99.6 cm³/mol. The van der Waals surface area contributed by atoms with Gasteiger partial charge in [0.1, 0.15) is 4.32 Å². The third-order valence-electron chi connectivity index (χ3n) is 4.04. The van der Waals surface area contributed by atoms with E-state index in [0.717, 1.165) is 40.1 Å². The molecule has 0 radical (unpaired) electrons. The number of thiocarbonyl (C=S) groups is 1. The van der Waals surface area contributed by atoms with Crippen LogP contribution in [0.25, 0.3) is 0 Å². The number of rotatable bonds is 3. The van der Waals surface area contributed by atoms with Crippen LogP contribution in [0.5, 0.6) is 0 Å². The van der Waals surface area contributed by atoms with Crippen LogP contribution in [-0.2, 0) is 4.79 Å². The highest BCUT2D eigenvalue weighted by Gasteiger charge is 2.18. The highest BCUT2D eigenvalue weighted by molar-refractivity contribution is 8.23. The molecule has 0 unspecified atom stereocenters. The largest absolute Gasteiger partial charge is 0.357 e. The van der Waals surface area contributed by atoms with Crippen molar-refractivity contribution >= 4 is 39.9 Å². The summed E-state index contributed by atoms with van der Waals surface area (Å²) in [7, 11) is 0. The number of aryl methyl sites for hydroxylation is 2. The van der Waals surface area contributed by atoms with Gasteiger partial charge in [0.15, 0.2) is 0 Å². The number of nitrogens with zero attached hydrogens (tertiary/aromatic N) is 1. The summed E-state index contributed by atoms with van der Waals surface area (Å²) >= 11 is 6.92. The van der Waals surface area contributed by atoms with Gasteiger partial charge in [-0.25, -0.2) is 0 Å². The minimum absolute atomic E-state index is 0.00595. The summed E-state index contributed by atoms with van der Waals surface area (Å²) < 4.78 is 0.850. The van der Waals surface area contributed by atoms with Crippen molar-refractivity contribution in [1.29, 1.82) is 0 Å². The number of amides is 1. The number of nitrogens with one attached hydrogen (secondary N) is 1. The first-order valence-corrected chi connectivity index (χ1v) is 9.14. The van der Waals surface area contributed by atoms with E-state index < -0.39 is 0 Å². The normalized spacial score (nSPS) is 15.7. The zero-order chi connectivity index (χ0) is 16.1. The Bertz CT molecular complexity index is 552. The molecule has 2 rings (SSSR count). The van der Waals surface area contributed by atoms with E-state index in [1.165, 1.54) is 24.6 Å². The molecule has 0 atom stereocenters. The fourth-order valence-electron chi connectivity index (χ4n) is 2.47. The molecular weight excluding hydrogens is 312 g/mol. The van der Waals surface area contributed by atoms with Crippen LogP contribution in [0.4, 0.5) is 5.69 Å². The number of hydrogen-bond donors (Lipinski definition) is 1. The van der Waals surface area contributed by atoms with Crippen LogP contribution in [0, 0.1) is 19.8 Å². The molecule has 1 heterocycles. The maximum Gasteiger partial charge on any atom is 0.234 e. The van der Waals surface area contributed by atoms with Crippen LogP contribution in [0.3, 0.4) is 0 Å². The molecule has 1 aromatic rings. The van der Waals surface area contributed by atoms with Gasteiger partial charge in [0.05, 0.1) is 5.75 Å². The van der Waals surface area contributed by atoms with Crippen LogP contribution in [-0.4, -0.2) is 34.0 Å². The first-order chi connectivity index (χ1) is 10.5. The van der Waals surface area contributed by atoms with Crippen molar-refractivity contribution in [3.8, 4) is 0 Å². The van der Waals surface area contributed by atoms with E-state index in [2.05, 4.69) is 17.1 Å². The maximum atomic E-state index is 12.1. The molecule has 1 fully saturated rings. The Kier molecular flexibility index (Phi) is 6.26. The fourth-order valence-corrected chi connectivity index (χ4v) is 3.52. The van der Waals surface area contributed by atoms with Gasteiger partial charge in [-0.1, -0.05) is 43.0 Å². The lowest BCUT2D eigenvalue weighted by Crippen LogP contribution is -2.36. The Labute approximate surface area is 142 Å². The topological polar surface area (TPSA) is 32.3 Å². The van der Waals surface area contributed by atoms with Crippen molar-refractivity contribution in [3.63, 3.8) is 0 Å². The van der Waals surface area contributed by atoms with Gasteiger partial charge >= 0.3 is 0 Å². The lowest BCUT2D eigenvalue weighted by atomic mass is 10.00. The average Bonchev–Trinajstić information content (AvgIpc) is 2.49. The average molecular weight is 337 g/mol. The molecule has 0 bridgehead atoms. The Hall–Kier alpha value is -1.07. The number of anilines is 1. The summed E-state index contributed by atoms with van der Waals surface area (Å²) in [6.45, 7) is 8.35. The summed E-state index contributed by atoms with van der Waals surface area (Å²) in [4.78, 5) is 14.3. The van der Waals surface area contributed by atoms with E-state index >= 15 is 0 Å². The third-order valence-corrected chi connectivity index (χ3v) is 5.56. The zero-order valence-electron chi connectivity index (χ0n) is 13.5. The molecule has 1 aromatic carbocycles. The minimum atomic E-state index is 0.00595. The van der Waals surface area contributed by atoms with Crippen LogP contribution in [0.2, 0.25) is 0 Å². The number of thioether (sulfide) groups is 1. The SMILES string of the molecule is Cc1ccc(C)c(NC(=O)CSC(=S)N2CCC(C)CC2)c1. The zero-order valence-corrected chi connectivity index (χ0v) is 15.1. The van der Waals surface area contributed by atoms with Gasteiger partial charge in [-0.3, -0.25) is 4.79 Å². The molecule has 5 heteroatoms. The highest BCUT2D eigenvalue weighted by atomic mass is 32.2. The Morgan fingerprint density at radius 2 is 2.05 bits per heavy atom. The van der Waals surface area contributed by atoms with Gasteiger partial charge < -0.3 is 10.2 Å². The second kappa shape index (κ2) is 7.97. The minimum Gasteiger partial charge on any atom is -0.357 e. The first-order valence-electron chi connectivity index (χ1n) is 7.74. The van der Waals surface area contributed by atoms with Gasteiger partial charge in [-0.15, -0.1) is 0 Å². The number of carbonyl (C=O) groups excluding carboxylic acids is 1. The summed E-state index contributed by atoms with van der Waals surface area (Å²) in [5.41, 5.74) is 3.12. The molecular formula is C17H24N2OS2.